The Bertz CT molecular complexity index is 687. The van der Waals surface area contributed by atoms with Gasteiger partial charge in [0.15, 0.2) is 5.11 Å². The van der Waals surface area contributed by atoms with E-state index < -0.39 is 0 Å². The van der Waals surface area contributed by atoms with Crippen molar-refractivity contribution in [3.8, 4) is 0 Å². The van der Waals surface area contributed by atoms with E-state index in [4.69, 9.17) is 23.8 Å². The first-order valence-corrected chi connectivity index (χ1v) is 9.07. The van der Waals surface area contributed by atoms with Gasteiger partial charge >= 0.3 is 0 Å². The highest BCUT2D eigenvalue weighted by molar-refractivity contribution is 7.80. The number of aryl methyl sites for hydroxylation is 3. The van der Waals surface area contributed by atoms with Crippen LogP contribution in [0.1, 0.15) is 35.6 Å². The van der Waals surface area contributed by atoms with E-state index in [9.17, 15) is 0 Å². The van der Waals surface area contributed by atoms with Crippen LogP contribution >= 0.6 is 23.8 Å². The Hall–Kier alpha value is -1.58. The lowest BCUT2D eigenvalue weighted by molar-refractivity contribution is 0.418. The van der Waals surface area contributed by atoms with E-state index in [0.717, 1.165) is 36.3 Å². The highest BCUT2D eigenvalue weighted by atomic mass is 35.5. The third kappa shape index (κ3) is 4.96. The van der Waals surface area contributed by atoms with Crippen molar-refractivity contribution in [2.45, 2.75) is 40.7 Å². The molecule has 2 aromatic carbocycles. The smallest absolute Gasteiger partial charge is 0.173 e. The summed E-state index contributed by atoms with van der Waals surface area (Å²) in [6.07, 6.45) is 1.04. The maximum atomic E-state index is 6.40. The first-order chi connectivity index (χ1) is 11.4. The summed E-state index contributed by atoms with van der Waals surface area (Å²) in [4.78, 5) is 2.19. The quantitative estimate of drug-likeness (QED) is 0.671. The SMILES string of the molecule is CCCN(Cc1ccc(C)cc1)C(=S)Nc1c(C)cc(C)cc1Cl. The summed E-state index contributed by atoms with van der Waals surface area (Å²) in [6, 6.07) is 12.7. The molecule has 0 aliphatic carbocycles. The zero-order chi connectivity index (χ0) is 17.7. The average molecular weight is 361 g/mol. The van der Waals surface area contributed by atoms with E-state index in [1.54, 1.807) is 0 Å². The summed E-state index contributed by atoms with van der Waals surface area (Å²) in [5.41, 5.74) is 5.68. The van der Waals surface area contributed by atoms with Gasteiger partial charge in [-0.25, -0.2) is 0 Å². The molecule has 0 spiro atoms. The van der Waals surface area contributed by atoms with Crippen LogP contribution in [0, 0.1) is 20.8 Å². The van der Waals surface area contributed by atoms with E-state index in [1.165, 1.54) is 11.1 Å². The van der Waals surface area contributed by atoms with Crippen LogP contribution in [0.2, 0.25) is 5.02 Å². The van der Waals surface area contributed by atoms with Crippen LogP contribution in [0.3, 0.4) is 0 Å². The van der Waals surface area contributed by atoms with Gasteiger partial charge in [-0.05, 0) is 62.2 Å². The molecule has 0 unspecified atom stereocenters. The number of nitrogens with zero attached hydrogens (tertiary/aromatic N) is 1. The van der Waals surface area contributed by atoms with Gasteiger partial charge in [-0.15, -0.1) is 0 Å². The Morgan fingerprint density at radius 1 is 1.08 bits per heavy atom. The fourth-order valence-electron chi connectivity index (χ4n) is 2.70. The van der Waals surface area contributed by atoms with Crippen molar-refractivity contribution < 1.29 is 0 Å². The molecule has 2 aromatic rings. The van der Waals surface area contributed by atoms with Gasteiger partial charge in [-0.2, -0.15) is 0 Å². The van der Waals surface area contributed by atoms with Gasteiger partial charge < -0.3 is 10.2 Å². The second-order valence-electron chi connectivity index (χ2n) is 6.28. The summed E-state index contributed by atoms with van der Waals surface area (Å²) in [7, 11) is 0. The zero-order valence-corrected chi connectivity index (χ0v) is 16.4. The van der Waals surface area contributed by atoms with Crippen LogP contribution in [-0.4, -0.2) is 16.6 Å². The number of hydrogen-bond acceptors (Lipinski definition) is 1. The van der Waals surface area contributed by atoms with E-state index >= 15 is 0 Å². The number of halogens is 1. The molecule has 0 saturated carbocycles. The summed E-state index contributed by atoms with van der Waals surface area (Å²) < 4.78 is 0. The van der Waals surface area contributed by atoms with Gasteiger partial charge in [0, 0.05) is 13.1 Å². The lowest BCUT2D eigenvalue weighted by Crippen LogP contribution is -2.35. The lowest BCUT2D eigenvalue weighted by Gasteiger charge is -2.26. The number of rotatable bonds is 5. The molecule has 4 heteroatoms. The fourth-order valence-corrected chi connectivity index (χ4v) is 3.32. The van der Waals surface area contributed by atoms with Gasteiger partial charge in [-0.3, -0.25) is 0 Å². The second kappa shape index (κ2) is 8.50. The summed E-state index contributed by atoms with van der Waals surface area (Å²) in [5.74, 6) is 0. The highest BCUT2D eigenvalue weighted by Crippen LogP contribution is 2.27. The third-order valence-electron chi connectivity index (χ3n) is 3.94. The molecule has 0 saturated heterocycles. The Morgan fingerprint density at radius 3 is 2.33 bits per heavy atom. The van der Waals surface area contributed by atoms with Crippen LogP contribution in [0.5, 0.6) is 0 Å². The Balaban J connectivity index is 2.16. The molecule has 0 amide bonds. The predicted molar refractivity (Wildman–Crippen MR) is 109 cm³/mol. The number of anilines is 1. The Morgan fingerprint density at radius 2 is 1.75 bits per heavy atom. The normalized spacial score (nSPS) is 10.5. The van der Waals surface area contributed by atoms with Gasteiger partial charge in [0.1, 0.15) is 0 Å². The minimum atomic E-state index is 0.710. The van der Waals surface area contributed by atoms with Gasteiger partial charge in [0.25, 0.3) is 0 Å². The van der Waals surface area contributed by atoms with Crippen molar-refractivity contribution >= 4 is 34.6 Å². The minimum absolute atomic E-state index is 0.710. The molecule has 0 aromatic heterocycles. The molecule has 0 atom stereocenters. The molecular formula is C20H25ClN2S. The predicted octanol–water partition coefficient (Wildman–Crippen LogP) is 5.87. The largest absolute Gasteiger partial charge is 0.345 e. The zero-order valence-electron chi connectivity index (χ0n) is 14.8. The number of nitrogens with one attached hydrogen (secondary N) is 1. The lowest BCUT2D eigenvalue weighted by atomic mass is 10.1. The van der Waals surface area contributed by atoms with Gasteiger partial charge in [0.05, 0.1) is 10.7 Å². The van der Waals surface area contributed by atoms with Crippen molar-refractivity contribution in [3.63, 3.8) is 0 Å². The van der Waals surface area contributed by atoms with Crippen LogP contribution in [0.15, 0.2) is 36.4 Å². The molecule has 2 rings (SSSR count). The van der Waals surface area contributed by atoms with Crippen LogP contribution in [0.25, 0.3) is 0 Å². The van der Waals surface area contributed by atoms with Crippen molar-refractivity contribution in [3.05, 3.63) is 63.7 Å². The highest BCUT2D eigenvalue weighted by Gasteiger charge is 2.13. The van der Waals surface area contributed by atoms with Crippen molar-refractivity contribution in [2.75, 3.05) is 11.9 Å². The fraction of sp³-hybridized carbons (Fsp3) is 0.350. The van der Waals surface area contributed by atoms with Gasteiger partial charge in [-0.1, -0.05) is 54.4 Å². The average Bonchev–Trinajstić information content (AvgIpc) is 2.52. The molecule has 0 aliphatic rings. The van der Waals surface area contributed by atoms with Crippen LogP contribution < -0.4 is 5.32 Å². The topological polar surface area (TPSA) is 15.3 Å². The van der Waals surface area contributed by atoms with E-state index in [2.05, 4.69) is 54.4 Å². The van der Waals surface area contributed by atoms with E-state index in [-0.39, 0.29) is 0 Å². The Kier molecular flexibility index (Phi) is 6.64. The molecule has 1 N–H and O–H groups in total. The van der Waals surface area contributed by atoms with E-state index in [1.807, 2.05) is 19.9 Å². The van der Waals surface area contributed by atoms with Crippen molar-refractivity contribution in [1.29, 1.82) is 0 Å². The van der Waals surface area contributed by atoms with Crippen LogP contribution in [-0.2, 0) is 6.54 Å². The molecule has 2 nitrogen and oxygen atoms in total. The third-order valence-corrected chi connectivity index (χ3v) is 4.60. The second-order valence-corrected chi connectivity index (χ2v) is 7.07. The molecule has 0 aliphatic heterocycles. The number of benzene rings is 2. The molecule has 24 heavy (non-hydrogen) atoms. The van der Waals surface area contributed by atoms with Crippen molar-refractivity contribution in [2.24, 2.45) is 0 Å². The van der Waals surface area contributed by atoms with Crippen molar-refractivity contribution in [1.82, 2.24) is 4.90 Å². The van der Waals surface area contributed by atoms with Crippen LogP contribution in [0.4, 0.5) is 5.69 Å². The first kappa shape index (κ1) is 18.8. The summed E-state index contributed by atoms with van der Waals surface area (Å²) >= 11 is 12.1. The molecule has 0 heterocycles. The molecule has 0 bridgehead atoms. The minimum Gasteiger partial charge on any atom is -0.345 e. The standard InChI is InChI=1S/C20H25ClN2S/c1-5-10-23(13-17-8-6-14(2)7-9-17)20(24)22-19-16(4)11-15(3)12-18(19)21/h6-9,11-12H,5,10,13H2,1-4H3,(H,22,24). The number of thiocarbonyl (C=S) groups is 1. The van der Waals surface area contributed by atoms with E-state index in [0.29, 0.717) is 10.1 Å². The molecule has 128 valence electrons. The Labute approximate surface area is 155 Å². The van der Waals surface area contributed by atoms with Gasteiger partial charge in [0.2, 0.25) is 0 Å². The molecule has 0 fully saturated rings. The maximum Gasteiger partial charge on any atom is 0.173 e. The molecular weight excluding hydrogens is 336 g/mol. The maximum absolute atomic E-state index is 6.40. The summed E-state index contributed by atoms with van der Waals surface area (Å²) in [5, 5.41) is 4.77. The first-order valence-electron chi connectivity index (χ1n) is 8.29. The monoisotopic (exact) mass is 360 g/mol. The number of hydrogen-bond donors (Lipinski definition) is 1. The summed E-state index contributed by atoms with van der Waals surface area (Å²) in [6.45, 7) is 10.1. The molecule has 0 radical (unpaired) electrons.